The van der Waals surface area contributed by atoms with Gasteiger partial charge >= 0.3 is 11.8 Å². The van der Waals surface area contributed by atoms with Crippen LogP contribution in [0.3, 0.4) is 0 Å². The number of primary amides is 1. The zero-order chi connectivity index (χ0) is 22.3. The molecule has 0 aromatic heterocycles. The van der Waals surface area contributed by atoms with E-state index in [2.05, 4.69) is 15.8 Å². The summed E-state index contributed by atoms with van der Waals surface area (Å²) in [7, 11) is 1.43. The summed E-state index contributed by atoms with van der Waals surface area (Å²) in [5, 5.41) is 6.83. The van der Waals surface area contributed by atoms with Gasteiger partial charge in [-0.2, -0.15) is 5.10 Å². The van der Waals surface area contributed by atoms with Crippen LogP contribution in [0.15, 0.2) is 41.5 Å². The zero-order valence-corrected chi connectivity index (χ0v) is 17.5. The smallest absolute Gasteiger partial charge is 0.329 e. The Balaban J connectivity index is 2.06. The second-order valence-electron chi connectivity index (χ2n) is 5.84. The van der Waals surface area contributed by atoms with Gasteiger partial charge in [0.25, 0.3) is 5.91 Å². The van der Waals surface area contributed by atoms with Gasteiger partial charge in [-0.05, 0) is 43.3 Å². The summed E-state index contributed by atoms with van der Waals surface area (Å²) in [6, 6.07) is 9.24. The molecule has 2 rings (SSSR count). The number of amides is 3. The molecular formula is C19H18Cl2N4O5. The maximum absolute atomic E-state index is 12.0. The van der Waals surface area contributed by atoms with Crippen LogP contribution >= 0.6 is 23.2 Å². The summed E-state index contributed by atoms with van der Waals surface area (Å²) >= 11 is 11.8. The minimum atomic E-state index is -1.00. The quantitative estimate of drug-likeness (QED) is 0.336. The van der Waals surface area contributed by atoms with Crippen LogP contribution in [0, 0.1) is 0 Å². The SMILES string of the molecule is COc1cc(/C(C)=N/NC(=O)C(=O)Nc2cc(Cl)ccc2Cl)ccc1OCC(N)=O. The Labute approximate surface area is 182 Å². The van der Waals surface area contributed by atoms with Crippen LogP contribution in [0.2, 0.25) is 10.0 Å². The molecule has 3 amide bonds. The van der Waals surface area contributed by atoms with Crippen LogP contribution in [0.4, 0.5) is 5.69 Å². The molecular weight excluding hydrogens is 435 g/mol. The first-order valence-electron chi connectivity index (χ1n) is 8.41. The fourth-order valence-electron chi connectivity index (χ4n) is 2.18. The predicted molar refractivity (Wildman–Crippen MR) is 113 cm³/mol. The summed E-state index contributed by atoms with van der Waals surface area (Å²) in [5.41, 5.74) is 8.37. The Bertz CT molecular complexity index is 1010. The number of methoxy groups -OCH3 is 1. The molecule has 0 saturated carbocycles. The van der Waals surface area contributed by atoms with Gasteiger partial charge in [0.15, 0.2) is 18.1 Å². The van der Waals surface area contributed by atoms with E-state index in [-0.39, 0.29) is 17.3 Å². The van der Waals surface area contributed by atoms with Crippen molar-refractivity contribution in [1.82, 2.24) is 5.43 Å². The van der Waals surface area contributed by atoms with E-state index < -0.39 is 17.7 Å². The number of nitrogens with two attached hydrogens (primary N) is 1. The van der Waals surface area contributed by atoms with E-state index >= 15 is 0 Å². The van der Waals surface area contributed by atoms with E-state index in [1.807, 2.05) is 0 Å². The van der Waals surface area contributed by atoms with Crippen molar-refractivity contribution in [3.8, 4) is 11.5 Å². The molecule has 2 aromatic rings. The summed E-state index contributed by atoms with van der Waals surface area (Å²) in [6.07, 6.45) is 0. The van der Waals surface area contributed by atoms with Crippen molar-refractivity contribution in [1.29, 1.82) is 0 Å². The van der Waals surface area contributed by atoms with Gasteiger partial charge in [0.05, 0.1) is 23.5 Å². The minimum absolute atomic E-state index is 0.196. The summed E-state index contributed by atoms with van der Waals surface area (Å²) < 4.78 is 10.5. The molecule has 0 atom stereocenters. The average molecular weight is 453 g/mol. The van der Waals surface area contributed by atoms with Gasteiger partial charge in [-0.25, -0.2) is 5.43 Å². The maximum Gasteiger partial charge on any atom is 0.329 e. The second kappa shape index (κ2) is 10.5. The second-order valence-corrected chi connectivity index (χ2v) is 6.68. The van der Waals surface area contributed by atoms with Crippen molar-refractivity contribution in [3.63, 3.8) is 0 Å². The molecule has 0 unspecified atom stereocenters. The molecule has 9 nitrogen and oxygen atoms in total. The van der Waals surface area contributed by atoms with Crippen LogP contribution in [0.25, 0.3) is 0 Å². The number of nitrogens with one attached hydrogen (secondary N) is 2. The fourth-order valence-corrected chi connectivity index (χ4v) is 2.52. The molecule has 4 N–H and O–H groups in total. The minimum Gasteiger partial charge on any atom is -0.493 e. The highest BCUT2D eigenvalue weighted by Crippen LogP contribution is 2.28. The van der Waals surface area contributed by atoms with Crippen LogP contribution in [-0.2, 0) is 14.4 Å². The first kappa shape index (κ1) is 23.0. The highest BCUT2D eigenvalue weighted by molar-refractivity contribution is 6.42. The molecule has 0 heterocycles. The topological polar surface area (TPSA) is 132 Å². The van der Waals surface area contributed by atoms with Gasteiger partial charge in [0, 0.05) is 10.6 Å². The van der Waals surface area contributed by atoms with E-state index in [9.17, 15) is 14.4 Å². The molecule has 0 saturated heterocycles. The number of rotatable bonds is 7. The summed E-state index contributed by atoms with van der Waals surface area (Å²) in [5.74, 6) is -1.95. The van der Waals surface area contributed by atoms with E-state index in [1.54, 1.807) is 31.2 Å². The Morgan fingerprint density at radius 2 is 1.80 bits per heavy atom. The number of ether oxygens (including phenoxy) is 2. The van der Waals surface area contributed by atoms with Crippen molar-refractivity contribution in [2.45, 2.75) is 6.92 Å². The van der Waals surface area contributed by atoms with E-state index in [1.165, 1.54) is 19.2 Å². The third kappa shape index (κ3) is 6.36. The number of nitrogens with zero attached hydrogens (tertiary/aromatic N) is 1. The Hall–Kier alpha value is -3.30. The third-order valence-corrected chi connectivity index (χ3v) is 4.22. The van der Waals surface area contributed by atoms with Crippen molar-refractivity contribution in [3.05, 3.63) is 52.0 Å². The van der Waals surface area contributed by atoms with Gasteiger partial charge < -0.3 is 20.5 Å². The molecule has 2 aromatic carbocycles. The van der Waals surface area contributed by atoms with E-state index in [4.69, 9.17) is 38.4 Å². The van der Waals surface area contributed by atoms with Crippen LogP contribution in [0.1, 0.15) is 12.5 Å². The predicted octanol–water partition coefficient (Wildman–Crippen LogP) is 2.34. The monoisotopic (exact) mass is 452 g/mol. The van der Waals surface area contributed by atoms with Gasteiger partial charge in [-0.15, -0.1) is 0 Å². The number of anilines is 1. The van der Waals surface area contributed by atoms with Crippen LogP contribution < -0.4 is 25.9 Å². The molecule has 0 aliphatic carbocycles. The zero-order valence-electron chi connectivity index (χ0n) is 16.0. The molecule has 0 aliphatic rings. The van der Waals surface area contributed by atoms with Gasteiger partial charge in [-0.3, -0.25) is 14.4 Å². The number of carbonyl (C=O) groups excluding carboxylic acids is 3. The summed E-state index contributed by atoms with van der Waals surface area (Å²) in [4.78, 5) is 34.9. The Morgan fingerprint density at radius 3 is 2.47 bits per heavy atom. The van der Waals surface area contributed by atoms with E-state index in [0.29, 0.717) is 27.8 Å². The lowest BCUT2D eigenvalue weighted by molar-refractivity contribution is -0.136. The van der Waals surface area contributed by atoms with Crippen molar-refractivity contribution >= 4 is 52.3 Å². The number of hydrazone groups is 1. The van der Waals surface area contributed by atoms with E-state index in [0.717, 1.165) is 0 Å². The molecule has 30 heavy (non-hydrogen) atoms. The first-order valence-corrected chi connectivity index (χ1v) is 9.17. The van der Waals surface area contributed by atoms with Gasteiger partial charge in [0.1, 0.15) is 0 Å². The number of carbonyl (C=O) groups is 3. The van der Waals surface area contributed by atoms with Gasteiger partial charge in [-0.1, -0.05) is 23.2 Å². The first-order chi connectivity index (χ1) is 14.2. The third-order valence-electron chi connectivity index (χ3n) is 3.66. The van der Waals surface area contributed by atoms with Crippen molar-refractivity contribution in [2.24, 2.45) is 10.8 Å². The lowest BCUT2D eigenvalue weighted by atomic mass is 10.1. The number of hydrogen-bond donors (Lipinski definition) is 3. The largest absolute Gasteiger partial charge is 0.493 e. The molecule has 11 heteroatoms. The Kier molecular flexibility index (Phi) is 8.02. The molecule has 0 fully saturated rings. The maximum atomic E-state index is 12.0. The lowest BCUT2D eigenvalue weighted by Crippen LogP contribution is -2.33. The standard InChI is InChI=1S/C19H18Cl2N4O5/c1-10(11-3-6-15(16(7-11)29-2)30-9-17(22)26)24-25-19(28)18(27)23-14-8-12(20)4-5-13(14)21/h3-8H,9H2,1-2H3,(H2,22,26)(H,23,27)(H,25,28)/b24-10+. The number of hydrogen-bond acceptors (Lipinski definition) is 6. The van der Waals surface area contributed by atoms with Crippen LogP contribution in [0.5, 0.6) is 11.5 Å². The number of halogens is 2. The molecule has 0 spiro atoms. The Morgan fingerprint density at radius 1 is 1.07 bits per heavy atom. The molecule has 0 aliphatic heterocycles. The lowest BCUT2D eigenvalue weighted by Gasteiger charge is -2.11. The fraction of sp³-hybridized carbons (Fsp3) is 0.158. The van der Waals surface area contributed by atoms with Crippen molar-refractivity contribution in [2.75, 3.05) is 19.0 Å². The average Bonchev–Trinajstić information content (AvgIpc) is 2.72. The van der Waals surface area contributed by atoms with Crippen molar-refractivity contribution < 1.29 is 23.9 Å². The number of benzene rings is 2. The van der Waals surface area contributed by atoms with Crippen LogP contribution in [-0.4, -0.2) is 37.1 Å². The molecule has 158 valence electrons. The summed E-state index contributed by atoms with van der Waals surface area (Å²) in [6.45, 7) is 1.31. The molecule has 0 radical (unpaired) electrons. The normalized spacial score (nSPS) is 10.9. The molecule has 0 bridgehead atoms. The highest BCUT2D eigenvalue weighted by Gasteiger charge is 2.15. The van der Waals surface area contributed by atoms with Gasteiger partial charge in [0.2, 0.25) is 0 Å². The highest BCUT2D eigenvalue weighted by atomic mass is 35.5.